The third-order valence-corrected chi connectivity index (χ3v) is 2.11. The molecule has 0 aliphatic carbocycles. The standard InChI is InChI=1S/C10H9N3O3/c1-2-9-11-10(12-16-9)7-3-5-8(6-4-7)13(14)15/h3-6H,2H2,1H3. The van der Waals surface area contributed by atoms with Crippen LogP contribution in [-0.4, -0.2) is 15.1 Å². The molecule has 1 aromatic carbocycles. The summed E-state index contributed by atoms with van der Waals surface area (Å²) in [6.07, 6.45) is 0.667. The maximum Gasteiger partial charge on any atom is 0.269 e. The van der Waals surface area contributed by atoms with E-state index in [4.69, 9.17) is 4.52 Å². The van der Waals surface area contributed by atoms with E-state index in [0.29, 0.717) is 23.7 Å². The molecule has 2 aromatic rings. The van der Waals surface area contributed by atoms with Crippen molar-refractivity contribution in [3.63, 3.8) is 0 Å². The van der Waals surface area contributed by atoms with Gasteiger partial charge in [0.15, 0.2) is 0 Å². The SMILES string of the molecule is CCc1nc(-c2ccc([N+](=O)[O-])cc2)no1. The van der Waals surface area contributed by atoms with Gasteiger partial charge in [-0.1, -0.05) is 12.1 Å². The van der Waals surface area contributed by atoms with Crippen molar-refractivity contribution < 1.29 is 9.45 Å². The number of nitrogens with zero attached hydrogens (tertiary/aromatic N) is 3. The van der Waals surface area contributed by atoms with Crippen LogP contribution < -0.4 is 0 Å². The second-order valence-corrected chi connectivity index (χ2v) is 3.17. The van der Waals surface area contributed by atoms with Gasteiger partial charge in [0.2, 0.25) is 11.7 Å². The molecule has 0 atom stereocenters. The molecule has 0 saturated heterocycles. The maximum atomic E-state index is 10.5. The number of nitro groups is 1. The van der Waals surface area contributed by atoms with Gasteiger partial charge in [0.25, 0.3) is 5.69 Å². The van der Waals surface area contributed by atoms with Crippen LogP contribution in [0.4, 0.5) is 5.69 Å². The van der Waals surface area contributed by atoms with E-state index in [-0.39, 0.29) is 5.69 Å². The van der Waals surface area contributed by atoms with Crippen LogP contribution in [0.1, 0.15) is 12.8 Å². The van der Waals surface area contributed by atoms with E-state index < -0.39 is 4.92 Å². The Balaban J connectivity index is 2.30. The van der Waals surface area contributed by atoms with Crippen molar-refractivity contribution >= 4 is 5.69 Å². The third-order valence-electron chi connectivity index (χ3n) is 2.11. The molecule has 0 fully saturated rings. The highest BCUT2D eigenvalue weighted by atomic mass is 16.6. The molecule has 0 N–H and O–H groups in total. The van der Waals surface area contributed by atoms with Crippen LogP contribution >= 0.6 is 0 Å². The van der Waals surface area contributed by atoms with Gasteiger partial charge in [0.1, 0.15) is 0 Å². The molecule has 0 bridgehead atoms. The molecule has 16 heavy (non-hydrogen) atoms. The highest BCUT2D eigenvalue weighted by Gasteiger charge is 2.09. The monoisotopic (exact) mass is 219 g/mol. The van der Waals surface area contributed by atoms with Crippen molar-refractivity contribution in [2.75, 3.05) is 0 Å². The number of rotatable bonds is 3. The highest BCUT2D eigenvalue weighted by Crippen LogP contribution is 2.19. The summed E-state index contributed by atoms with van der Waals surface area (Å²) in [5.74, 6) is 1.00. The summed E-state index contributed by atoms with van der Waals surface area (Å²) in [6, 6.07) is 6.03. The smallest absolute Gasteiger partial charge is 0.269 e. The van der Waals surface area contributed by atoms with Gasteiger partial charge in [-0.2, -0.15) is 4.98 Å². The molecule has 6 nitrogen and oxygen atoms in total. The van der Waals surface area contributed by atoms with E-state index >= 15 is 0 Å². The molecular weight excluding hydrogens is 210 g/mol. The molecule has 2 rings (SSSR count). The lowest BCUT2D eigenvalue weighted by molar-refractivity contribution is -0.384. The van der Waals surface area contributed by atoms with E-state index in [1.807, 2.05) is 6.92 Å². The lowest BCUT2D eigenvalue weighted by Gasteiger charge is -1.93. The average molecular weight is 219 g/mol. The number of nitro benzene ring substituents is 1. The van der Waals surface area contributed by atoms with E-state index in [1.54, 1.807) is 12.1 Å². The van der Waals surface area contributed by atoms with Crippen molar-refractivity contribution in [1.82, 2.24) is 10.1 Å². The Morgan fingerprint density at radius 2 is 2.06 bits per heavy atom. The zero-order chi connectivity index (χ0) is 11.5. The minimum atomic E-state index is -0.447. The van der Waals surface area contributed by atoms with Gasteiger partial charge in [-0.05, 0) is 12.1 Å². The highest BCUT2D eigenvalue weighted by molar-refractivity contribution is 5.56. The summed E-state index contributed by atoms with van der Waals surface area (Å²) in [7, 11) is 0. The Bertz CT molecular complexity index is 504. The summed E-state index contributed by atoms with van der Waals surface area (Å²) in [5, 5.41) is 14.2. The molecule has 6 heteroatoms. The van der Waals surface area contributed by atoms with E-state index in [9.17, 15) is 10.1 Å². The number of aryl methyl sites for hydroxylation is 1. The Morgan fingerprint density at radius 1 is 1.38 bits per heavy atom. The van der Waals surface area contributed by atoms with Crippen molar-refractivity contribution in [2.45, 2.75) is 13.3 Å². The molecule has 0 unspecified atom stereocenters. The summed E-state index contributed by atoms with van der Waals surface area (Å²) in [6.45, 7) is 1.91. The van der Waals surface area contributed by atoms with Crippen LogP contribution in [0.5, 0.6) is 0 Å². The third kappa shape index (κ3) is 1.90. The van der Waals surface area contributed by atoms with Gasteiger partial charge >= 0.3 is 0 Å². The Hall–Kier alpha value is -2.24. The summed E-state index contributed by atoms with van der Waals surface area (Å²) >= 11 is 0. The average Bonchev–Trinajstić information content (AvgIpc) is 2.77. The Labute approximate surface area is 91.1 Å². The van der Waals surface area contributed by atoms with Crippen molar-refractivity contribution in [2.24, 2.45) is 0 Å². The zero-order valence-corrected chi connectivity index (χ0v) is 8.58. The predicted octanol–water partition coefficient (Wildman–Crippen LogP) is 2.21. The minimum absolute atomic E-state index is 0.0444. The first-order valence-electron chi connectivity index (χ1n) is 4.78. The lowest BCUT2D eigenvalue weighted by atomic mass is 10.2. The number of hydrogen-bond acceptors (Lipinski definition) is 5. The maximum absolute atomic E-state index is 10.5. The van der Waals surface area contributed by atoms with Crippen LogP contribution in [0.3, 0.4) is 0 Å². The van der Waals surface area contributed by atoms with Crippen LogP contribution in [0.25, 0.3) is 11.4 Å². The molecule has 0 saturated carbocycles. The lowest BCUT2D eigenvalue weighted by Crippen LogP contribution is -1.88. The van der Waals surface area contributed by atoms with E-state index in [1.165, 1.54) is 12.1 Å². The first-order chi connectivity index (χ1) is 7.70. The Kier molecular flexibility index (Phi) is 2.63. The summed E-state index contributed by atoms with van der Waals surface area (Å²) in [4.78, 5) is 14.1. The van der Waals surface area contributed by atoms with E-state index in [2.05, 4.69) is 10.1 Å². The van der Waals surface area contributed by atoms with Gasteiger partial charge in [-0.25, -0.2) is 0 Å². The van der Waals surface area contributed by atoms with Gasteiger partial charge < -0.3 is 4.52 Å². The fourth-order valence-electron chi connectivity index (χ4n) is 1.25. The molecule has 1 heterocycles. The number of aromatic nitrogens is 2. The molecule has 0 radical (unpaired) electrons. The van der Waals surface area contributed by atoms with Crippen molar-refractivity contribution in [1.29, 1.82) is 0 Å². The molecule has 1 aromatic heterocycles. The summed E-state index contributed by atoms with van der Waals surface area (Å²) < 4.78 is 4.95. The van der Waals surface area contributed by atoms with Gasteiger partial charge in [0, 0.05) is 24.1 Å². The Morgan fingerprint density at radius 3 is 2.56 bits per heavy atom. The molecule has 0 amide bonds. The van der Waals surface area contributed by atoms with Crippen LogP contribution in [0.15, 0.2) is 28.8 Å². The first kappa shape index (κ1) is 10.3. The molecule has 0 aliphatic rings. The van der Waals surface area contributed by atoms with Gasteiger partial charge in [-0.15, -0.1) is 0 Å². The number of hydrogen-bond donors (Lipinski definition) is 0. The molecule has 82 valence electrons. The predicted molar refractivity (Wildman–Crippen MR) is 55.8 cm³/mol. The molecule has 0 aliphatic heterocycles. The normalized spacial score (nSPS) is 10.3. The molecular formula is C10H9N3O3. The largest absolute Gasteiger partial charge is 0.339 e. The quantitative estimate of drug-likeness (QED) is 0.583. The topological polar surface area (TPSA) is 82.1 Å². The van der Waals surface area contributed by atoms with Crippen molar-refractivity contribution in [3.05, 3.63) is 40.3 Å². The van der Waals surface area contributed by atoms with Gasteiger partial charge in [-0.3, -0.25) is 10.1 Å². The fourth-order valence-corrected chi connectivity index (χ4v) is 1.25. The van der Waals surface area contributed by atoms with E-state index in [0.717, 1.165) is 0 Å². The fraction of sp³-hybridized carbons (Fsp3) is 0.200. The van der Waals surface area contributed by atoms with Gasteiger partial charge in [0.05, 0.1) is 4.92 Å². The first-order valence-corrected chi connectivity index (χ1v) is 4.78. The second kappa shape index (κ2) is 4.09. The van der Waals surface area contributed by atoms with Crippen LogP contribution in [0.2, 0.25) is 0 Å². The number of benzene rings is 1. The van der Waals surface area contributed by atoms with Crippen molar-refractivity contribution in [3.8, 4) is 11.4 Å². The molecule has 0 spiro atoms. The zero-order valence-electron chi connectivity index (χ0n) is 8.58. The minimum Gasteiger partial charge on any atom is -0.339 e. The van der Waals surface area contributed by atoms with Crippen LogP contribution in [0, 0.1) is 10.1 Å². The second-order valence-electron chi connectivity index (χ2n) is 3.17. The number of non-ortho nitro benzene ring substituents is 1. The summed E-state index contributed by atoms with van der Waals surface area (Å²) in [5.41, 5.74) is 0.747. The van der Waals surface area contributed by atoms with Crippen LogP contribution in [-0.2, 0) is 6.42 Å².